The zero-order chi connectivity index (χ0) is 23.9. The zero-order valence-corrected chi connectivity index (χ0v) is 20.1. The molecule has 1 aromatic heterocycles. The van der Waals surface area contributed by atoms with Gasteiger partial charge in [0.15, 0.2) is 0 Å². The van der Waals surface area contributed by atoms with Gasteiger partial charge in [0, 0.05) is 16.6 Å². The molecule has 33 heavy (non-hydrogen) atoms. The average molecular weight is 484 g/mol. The molecule has 6 nitrogen and oxygen atoms in total. The number of carbonyl (C=O) groups excluding carboxylic acids is 2. The van der Waals surface area contributed by atoms with E-state index in [-0.39, 0.29) is 27.7 Å². The van der Waals surface area contributed by atoms with Gasteiger partial charge in [-0.25, -0.2) is 0 Å². The first-order valence-electron chi connectivity index (χ1n) is 10.1. The lowest BCUT2D eigenvalue weighted by Crippen LogP contribution is -2.30. The molecule has 4 rings (SSSR count). The van der Waals surface area contributed by atoms with E-state index in [1.54, 1.807) is 6.07 Å². The van der Waals surface area contributed by atoms with Crippen LogP contribution in [0.4, 0.5) is 5.69 Å². The second kappa shape index (κ2) is 8.92. The highest BCUT2D eigenvalue weighted by atomic mass is 35.5. The molecule has 1 amide bonds. The number of carbonyl (C=O) groups is 2. The van der Waals surface area contributed by atoms with Crippen molar-refractivity contribution in [1.82, 2.24) is 0 Å². The fraction of sp³-hybridized carbons (Fsp3) is 0.200. The molecule has 2 heterocycles. The van der Waals surface area contributed by atoms with Gasteiger partial charge in [-0.1, -0.05) is 29.8 Å². The first-order valence-corrected chi connectivity index (χ1v) is 11.4. The Morgan fingerprint density at radius 1 is 1.03 bits per heavy atom. The Balaban J connectivity index is 2.02. The van der Waals surface area contributed by atoms with E-state index in [4.69, 9.17) is 21.1 Å². The van der Waals surface area contributed by atoms with Crippen molar-refractivity contribution in [1.29, 1.82) is 0 Å². The molecule has 0 aliphatic carbocycles. The van der Waals surface area contributed by atoms with Crippen LogP contribution in [0.5, 0.6) is 11.5 Å². The number of aryl methyl sites for hydroxylation is 2. The van der Waals surface area contributed by atoms with E-state index in [1.807, 2.05) is 43.5 Å². The Hall–Kier alpha value is -3.29. The minimum absolute atomic E-state index is 0.0171. The quantitative estimate of drug-likeness (QED) is 0.288. The van der Waals surface area contributed by atoms with Crippen LogP contribution in [0.2, 0.25) is 5.02 Å². The average Bonchev–Trinajstić information content (AvgIpc) is 3.34. The van der Waals surface area contributed by atoms with Crippen LogP contribution in [0.15, 0.2) is 53.4 Å². The summed E-state index contributed by atoms with van der Waals surface area (Å²) in [4.78, 5) is 28.9. The topological polar surface area (TPSA) is 76.1 Å². The van der Waals surface area contributed by atoms with Crippen LogP contribution >= 0.6 is 22.9 Å². The number of methoxy groups -OCH3 is 2. The lowest BCUT2D eigenvalue weighted by atomic mass is 9.97. The van der Waals surface area contributed by atoms with Gasteiger partial charge in [-0.05, 0) is 48.6 Å². The van der Waals surface area contributed by atoms with Crippen LogP contribution in [-0.2, 0) is 9.59 Å². The van der Waals surface area contributed by atoms with Crippen LogP contribution in [0.25, 0.3) is 5.76 Å². The molecule has 1 aliphatic heterocycles. The Morgan fingerprint density at radius 3 is 2.33 bits per heavy atom. The minimum Gasteiger partial charge on any atom is -0.507 e. The molecule has 1 saturated heterocycles. The first-order chi connectivity index (χ1) is 15.8. The number of ketones is 1. The number of ether oxygens (including phenoxy) is 2. The molecule has 1 aliphatic rings. The number of benzene rings is 2. The standard InChI is InChI=1S/C25H22ClNO5S/c1-13-7-5-6-8-17(13)27-21(24-14(2)9-10-33-24)20(23(29)25(27)30)22(28)15-11-19(32-4)16(26)12-18(15)31-3/h5-12,21,28H,1-4H3/b22-20+. The van der Waals surface area contributed by atoms with Crippen molar-refractivity contribution in [2.24, 2.45) is 0 Å². The molecule has 1 N–H and O–H groups in total. The smallest absolute Gasteiger partial charge is 0.300 e. The van der Waals surface area contributed by atoms with E-state index in [2.05, 4.69) is 0 Å². The normalized spacial score (nSPS) is 17.5. The molecule has 0 bridgehead atoms. The highest BCUT2D eigenvalue weighted by Gasteiger charge is 2.48. The second-order valence-corrected chi connectivity index (χ2v) is 8.97. The fourth-order valence-corrected chi connectivity index (χ4v) is 5.27. The number of anilines is 1. The van der Waals surface area contributed by atoms with Gasteiger partial charge in [0.2, 0.25) is 0 Å². The molecule has 1 unspecified atom stereocenters. The van der Waals surface area contributed by atoms with Gasteiger partial charge in [0.05, 0.1) is 30.4 Å². The third-order valence-corrected chi connectivity index (χ3v) is 7.07. The number of nitrogens with zero attached hydrogens (tertiary/aromatic N) is 1. The number of aliphatic hydroxyl groups excluding tert-OH is 1. The molecule has 8 heteroatoms. The number of Topliss-reactive ketones (excluding diaryl/α,β-unsaturated/α-hetero) is 1. The molecule has 1 atom stereocenters. The van der Waals surface area contributed by atoms with Crippen LogP contribution in [0, 0.1) is 13.8 Å². The molecular weight excluding hydrogens is 462 g/mol. The predicted molar refractivity (Wildman–Crippen MR) is 130 cm³/mol. The van der Waals surface area contributed by atoms with Crippen LogP contribution < -0.4 is 14.4 Å². The number of thiophene rings is 1. The van der Waals surface area contributed by atoms with Crippen molar-refractivity contribution in [2.75, 3.05) is 19.1 Å². The van der Waals surface area contributed by atoms with Crippen LogP contribution in [0.3, 0.4) is 0 Å². The number of para-hydroxylation sites is 1. The van der Waals surface area contributed by atoms with Crippen molar-refractivity contribution in [2.45, 2.75) is 19.9 Å². The lowest BCUT2D eigenvalue weighted by molar-refractivity contribution is -0.132. The van der Waals surface area contributed by atoms with Gasteiger partial charge in [-0.3, -0.25) is 14.5 Å². The van der Waals surface area contributed by atoms with Gasteiger partial charge in [0.25, 0.3) is 11.7 Å². The summed E-state index contributed by atoms with van der Waals surface area (Å²) in [6.45, 7) is 3.79. The van der Waals surface area contributed by atoms with Crippen molar-refractivity contribution < 1.29 is 24.2 Å². The Bertz CT molecular complexity index is 1300. The van der Waals surface area contributed by atoms with Crippen molar-refractivity contribution in [3.05, 3.63) is 80.0 Å². The van der Waals surface area contributed by atoms with Gasteiger partial charge in [-0.15, -0.1) is 11.3 Å². The van der Waals surface area contributed by atoms with E-state index < -0.39 is 17.7 Å². The van der Waals surface area contributed by atoms with E-state index in [0.717, 1.165) is 16.0 Å². The van der Waals surface area contributed by atoms with E-state index >= 15 is 0 Å². The summed E-state index contributed by atoms with van der Waals surface area (Å²) in [6, 6.07) is 11.5. The first kappa shape index (κ1) is 22.9. The summed E-state index contributed by atoms with van der Waals surface area (Å²) < 4.78 is 10.7. The molecule has 2 aromatic carbocycles. The molecule has 0 radical (unpaired) electrons. The fourth-order valence-electron chi connectivity index (χ4n) is 4.02. The summed E-state index contributed by atoms with van der Waals surface area (Å²) in [5, 5.41) is 13.6. The number of aliphatic hydroxyl groups is 1. The SMILES string of the molecule is COc1cc(/C(O)=C2\C(=O)C(=O)N(c3ccccc3C)C2c2sccc2C)c(OC)cc1Cl. The third kappa shape index (κ3) is 3.77. The summed E-state index contributed by atoms with van der Waals surface area (Å²) in [7, 11) is 2.88. The molecule has 0 spiro atoms. The molecule has 1 fully saturated rings. The third-order valence-electron chi connectivity index (χ3n) is 5.70. The monoisotopic (exact) mass is 483 g/mol. The van der Waals surface area contributed by atoms with Gasteiger partial charge < -0.3 is 14.6 Å². The summed E-state index contributed by atoms with van der Waals surface area (Å²) in [6.07, 6.45) is 0. The van der Waals surface area contributed by atoms with Crippen LogP contribution in [-0.4, -0.2) is 31.0 Å². The maximum absolute atomic E-state index is 13.4. The van der Waals surface area contributed by atoms with Gasteiger partial charge in [-0.2, -0.15) is 0 Å². The molecule has 3 aromatic rings. The number of halogens is 1. The number of hydrogen-bond acceptors (Lipinski definition) is 6. The Kier molecular flexibility index (Phi) is 6.19. The Morgan fingerprint density at radius 2 is 1.73 bits per heavy atom. The van der Waals surface area contributed by atoms with Crippen molar-refractivity contribution in [3.8, 4) is 11.5 Å². The van der Waals surface area contributed by atoms with Crippen molar-refractivity contribution >= 4 is 46.1 Å². The van der Waals surface area contributed by atoms with E-state index in [0.29, 0.717) is 11.4 Å². The predicted octanol–water partition coefficient (Wildman–Crippen LogP) is 5.66. The summed E-state index contributed by atoms with van der Waals surface area (Å²) in [5.74, 6) is -1.28. The number of rotatable bonds is 5. The number of amides is 1. The highest BCUT2D eigenvalue weighted by Crippen LogP contribution is 2.47. The summed E-state index contributed by atoms with van der Waals surface area (Å²) in [5.41, 5.74) is 2.55. The lowest BCUT2D eigenvalue weighted by Gasteiger charge is -2.26. The maximum Gasteiger partial charge on any atom is 0.300 e. The Labute approximate surface area is 200 Å². The molecule has 0 saturated carbocycles. The maximum atomic E-state index is 13.4. The van der Waals surface area contributed by atoms with Crippen molar-refractivity contribution in [3.63, 3.8) is 0 Å². The number of hydrogen-bond donors (Lipinski definition) is 1. The molecule has 170 valence electrons. The van der Waals surface area contributed by atoms with Gasteiger partial charge in [0.1, 0.15) is 23.3 Å². The van der Waals surface area contributed by atoms with Crippen LogP contribution in [0.1, 0.15) is 27.6 Å². The second-order valence-electron chi connectivity index (χ2n) is 7.61. The largest absolute Gasteiger partial charge is 0.507 e. The van der Waals surface area contributed by atoms with Gasteiger partial charge >= 0.3 is 0 Å². The minimum atomic E-state index is -0.794. The summed E-state index contributed by atoms with van der Waals surface area (Å²) >= 11 is 7.64. The highest BCUT2D eigenvalue weighted by molar-refractivity contribution is 7.10. The zero-order valence-electron chi connectivity index (χ0n) is 18.5. The molecular formula is C25H22ClNO5S. The van der Waals surface area contributed by atoms with E-state index in [9.17, 15) is 14.7 Å². The van der Waals surface area contributed by atoms with E-state index in [1.165, 1.54) is 42.6 Å².